The first-order valence-corrected chi connectivity index (χ1v) is 7.92. The molecule has 1 unspecified atom stereocenters. The van der Waals surface area contributed by atoms with E-state index in [2.05, 4.69) is 20.5 Å². The van der Waals surface area contributed by atoms with Crippen LogP contribution >= 0.6 is 0 Å². The molecule has 1 atom stereocenters. The zero-order valence-corrected chi connectivity index (χ0v) is 12.8. The highest BCUT2D eigenvalue weighted by molar-refractivity contribution is 5.75. The number of rotatable bonds is 5. The van der Waals surface area contributed by atoms with Gasteiger partial charge < -0.3 is 20.0 Å². The summed E-state index contributed by atoms with van der Waals surface area (Å²) in [7, 11) is 0. The van der Waals surface area contributed by atoms with E-state index in [1.165, 1.54) is 0 Å². The second kappa shape index (κ2) is 6.68. The van der Waals surface area contributed by atoms with Crippen LogP contribution in [0.25, 0.3) is 11.1 Å². The standard InChI is InChI=1S/C16H22N4O2/c1-2-9-17-15(21)18-11-12-6-5-10-20(12)16-19-13-7-3-4-8-14(13)22-16/h3-4,7-8,12H,2,5-6,9-11H2,1H3,(H2,17,18,21). The van der Waals surface area contributed by atoms with Crippen molar-refractivity contribution < 1.29 is 9.21 Å². The molecule has 1 aromatic carbocycles. The lowest BCUT2D eigenvalue weighted by molar-refractivity contribution is 0.240. The number of nitrogens with one attached hydrogen (secondary N) is 2. The molecule has 0 radical (unpaired) electrons. The van der Waals surface area contributed by atoms with Crippen molar-refractivity contribution in [3.63, 3.8) is 0 Å². The maximum atomic E-state index is 11.7. The third-order valence-corrected chi connectivity index (χ3v) is 3.94. The lowest BCUT2D eigenvalue weighted by Gasteiger charge is -2.23. The number of urea groups is 1. The average Bonchev–Trinajstić information content (AvgIpc) is 3.16. The van der Waals surface area contributed by atoms with Crippen LogP contribution in [0.3, 0.4) is 0 Å². The summed E-state index contributed by atoms with van der Waals surface area (Å²) in [5.74, 6) is 0. The molecular formula is C16H22N4O2. The summed E-state index contributed by atoms with van der Waals surface area (Å²) in [5, 5.41) is 5.76. The highest BCUT2D eigenvalue weighted by Gasteiger charge is 2.28. The molecule has 0 spiro atoms. The first-order valence-electron chi connectivity index (χ1n) is 7.92. The molecule has 0 saturated carbocycles. The SMILES string of the molecule is CCCNC(=O)NCC1CCCN1c1nc2ccccc2o1. The van der Waals surface area contributed by atoms with Crippen molar-refractivity contribution in [2.45, 2.75) is 32.2 Å². The Hall–Kier alpha value is -2.24. The van der Waals surface area contributed by atoms with Gasteiger partial charge in [-0.15, -0.1) is 0 Å². The van der Waals surface area contributed by atoms with Gasteiger partial charge >= 0.3 is 6.03 Å². The van der Waals surface area contributed by atoms with Gasteiger partial charge in [0.1, 0.15) is 5.52 Å². The maximum absolute atomic E-state index is 11.7. The number of aromatic nitrogens is 1. The summed E-state index contributed by atoms with van der Waals surface area (Å²) in [5.41, 5.74) is 1.67. The monoisotopic (exact) mass is 302 g/mol. The minimum Gasteiger partial charge on any atom is -0.423 e. The molecule has 22 heavy (non-hydrogen) atoms. The average molecular weight is 302 g/mol. The summed E-state index contributed by atoms with van der Waals surface area (Å²) in [6, 6.07) is 8.55. The molecule has 6 nitrogen and oxygen atoms in total. The van der Waals surface area contributed by atoms with Gasteiger partial charge in [0, 0.05) is 19.6 Å². The number of fused-ring (bicyclic) bond motifs is 1. The van der Waals surface area contributed by atoms with Crippen LogP contribution in [-0.4, -0.2) is 36.7 Å². The van der Waals surface area contributed by atoms with Gasteiger partial charge in [-0.25, -0.2) is 4.79 Å². The van der Waals surface area contributed by atoms with Crippen LogP contribution in [0.2, 0.25) is 0 Å². The first kappa shape index (κ1) is 14.7. The van der Waals surface area contributed by atoms with E-state index in [0.717, 1.165) is 36.9 Å². The zero-order valence-electron chi connectivity index (χ0n) is 12.8. The zero-order chi connectivity index (χ0) is 15.4. The Labute approximate surface area is 129 Å². The summed E-state index contributed by atoms with van der Waals surface area (Å²) in [4.78, 5) is 18.4. The van der Waals surface area contributed by atoms with Crippen molar-refractivity contribution in [1.82, 2.24) is 15.6 Å². The number of nitrogens with zero attached hydrogens (tertiary/aromatic N) is 2. The molecule has 1 fully saturated rings. The van der Waals surface area contributed by atoms with E-state index >= 15 is 0 Å². The van der Waals surface area contributed by atoms with E-state index < -0.39 is 0 Å². The molecule has 2 heterocycles. The topological polar surface area (TPSA) is 70.4 Å². The van der Waals surface area contributed by atoms with Crippen LogP contribution in [0, 0.1) is 0 Å². The molecule has 0 aliphatic carbocycles. The van der Waals surface area contributed by atoms with Gasteiger partial charge in [-0.3, -0.25) is 0 Å². The normalized spacial score (nSPS) is 17.9. The summed E-state index contributed by atoms with van der Waals surface area (Å²) >= 11 is 0. The predicted molar refractivity (Wildman–Crippen MR) is 86.1 cm³/mol. The number of amides is 2. The molecule has 1 aliphatic heterocycles. The molecule has 0 bridgehead atoms. The Morgan fingerprint density at radius 2 is 2.27 bits per heavy atom. The number of hydrogen-bond donors (Lipinski definition) is 2. The number of carbonyl (C=O) groups excluding carboxylic acids is 1. The van der Waals surface area contributed by atoms with Gasteiger partial charge in [-0.05, 0) is 31.4 Å². The lowest BCUT2D eigenvalue weighted by Crippen LogP contribution is -2.44. The summed E-state index contributed by atoms with van der Waals surface area (Å²) < 4.78 is 5.84. The molecular weight excluding hydrogens is 280 g/mol. The fourth-order valence-electron chi connectivity index (χ4n) is 2.79. The van der Waals surface area contributed by atoms with Crippen molar-refractivity contribution in [3.05, 3.63) is 24.3 Å². The van der Waals surface area contributed by atoms with Crippen molar-refractivity contribution in [2.24, 2.45) is 0 Å². The Balaban J connectivity index is 1.64. The number of benzene rings is 1. The van der Waals surface area contributed by atoms with Crippen molar-refractivity contribution in [2.75, 3.05) is 24.5 Å². The van der Waals surface area contributed by atoms with Crippen molar-refractivity contribution in [1.29, 1.82) is 0 Å². The number of carbonyl (C=O) groups is 1. The van der Waals surface area contributed by atoms with Gasteiger partial charge in [0.15, 0.2) is 5.58 Å². The van der Waals surface area contributed by atoms with Crippen LogP contribution < -0.4 is 15.5 Å². The number of hydrogen-bond acceptors (Lipinski definition) is 4. The molecule has 2 N–H and O–H groups in total. The van der Waals surface area contributed by atoms with Crippen LogP contribution in [0.5, 0.6) is 0 Å². The van der Waals surface area contributed by atoms with Crippen LogP contribution in [0.4, 0.5) is 10.8 Å². The van der Waals surface area contributed by atoms with Crippen molar-refractivity contribution in [3.8, 4) is 0 Å². The van der Waals surface area contributed by atoms with Crippen molar-refractivity contribution >= 4 is 23.1 Å². The fourth-order valence-corrected chi connectivity index (χ4v) is 2.79. The summed E-state index contributed by atoms with van der Waals surface area (Å²) in [6.45, 7) is 4.25. The molecule has 3 rings (SSSR count). The lowest BCUT2D eigenvalue weighted by atomic mass is 10.2. The second-order valence-electron chi connectivity index (χ2n) is 5.59. The third kappa shape index (κ3) is 3.16. The quantitative estimate of drug-likeness (QED) is 0.890. The van der Waals surface area contributed by atoms with E-state index in [0.29, 0.717) is 19.1 Å². The molecule has 6 heteroatoms. The smallest absolute Gasteiger partial charge is 0.314 e. The van der Waals surface area contributed by atoms with Gasteiger partial charge in [0.25, 0.3) is 6.01 Å². The molecule has 1 aromatic heterocycles. The minimum atomic E-state index is -0.105. The molecule has 118 valence electrons. The molecule has 1 saturated heterocycles. The first-order chi connectivity index (χ1) is 10.8. The second-order valence-corrected chi connectivity index (χ2v) is 5.59. The number of para-hydroxylation sites is 2. The fraction of sp³-hybridized carbons (Fsp3) is 0.500. The Bertz CT molecular complexity index is 607. The van der Waals surface area contributed by atoms with Gasteiger partial charge in [-0.2, -0.15) is 4.98 Å². The van der Waals surface area contributed by atoms with Gasteiger partial charge in [0.05, 0.1) is 6.04 Å². The summed E-state index contributed by atoms with van der Waals surface area (Å²) in [6.07, 6.45) is 3.06. The minimum absolute atomic E-state index is 0.105. The Morgan fingerprint density at radius 1 is 1.41 bits per heavy atom. The number of anilines is 1. The van der Waals surface area contributed by atoms with E-state index in [4.69, 9.17) is 4.42 Å². The highest BCUT2D eigenvalue weighted by atomic mass is 16.4. The molecule has 2 amide bonds. The Kier molecular flexibility index (Phi) is 4.46. The van der Waals surface area contributed by atoms with E-state index in [9.17, 15) is 4.79 Å². The predicted octanol–water partition coefficient (Wildman–Crippen LogP) is 2.51. The van der Waals surface area contributed by atoms with Gasteiger partial charge in [0.2, 0.25) is 0 Å². The molecule has 2 aromatic rings. The van der Waals surface area contributed by atoms with Crippen LogP contribution in [0.1, 0.15) is 26.2 Å². The highest BCUT2D eigenvalue weighted by Crippen LogP contribution is 2.27. The van der Waals surface area contributed by atoms with Crippen LogP contribution in [0.15, 0.2) is 28.7 Å². The maximum Gasteiger partial charge on any atom is 0.314 e. The van der Waals surface area contributed by atoms with E-state index in [-0.39, 0.29) is 12.1 Å². The molecule has 1 aliphatic rings. The number of oxazole rings is 1. The Morgan fingerprint density at radius 3 is 3.09 bits per heavy atom. The van der Waals surface area contributed by atoms with E-state index in [1.54, 1.807) is 0 Å². The third-order valence-electron chi connectivity index (χ3n) is 3.94. The van der Waals surface area contributed by atoms with E-state index in [1.807, 2.05) is 31.2 Å². The van der Waals surface area contributed by atoms with Gasteiger partial charge in [-0.1, -0.05) is 19.1 Å². The van der Waals surface area contributed by atoms with Crippen LogP contribution in [-0.2, 0) is 0 Å². The largest absolute Gasteiger partial charge is 0.423 e.